The van der Waals surface area contributed by atoms with Gasteiger partial charge in [0.15, 0.2) is 0 Å². The molecule has 1 aliphatic carbocycles. The standard InChI is InChI=1S/C28H48N4.2C2H6/c1-7-10-27(32(8-2)16-9-11-24(3)22-29)21-26(23-31-19-17-30(6)18-20-31)25-12-14-28(4,5)15-13-25;2*1-2/h7,10,21,23-25H,8-9,11-20H2,1-6H3;2*1-2H3/b10-7-,26-23-,27-21+;;. The molecule has 1 unspecified atom stereocenters. The molecule has 1 saturated heterocycles. The number of rotatable bonds is 10. The van der Waals surface area contributed by atoms with Gasteiger partial charge < -0.3 is 14.7 Å². The van der Waals surface area contributed by atoms with Crippen molar-refractivity contribution in [2.45, 2.75) is 101 Å². The first-order chi connectivity index (χ1) is 17.3. The molecule has 0 spiro atoms. The monoisotopic (exact) mass is 500 g/mol. The fourth-order valence-electron chi connectivity index (χ4n) is 4.86. The lowest BCUT2D eigenvalue weighted by molar-refractivity contribution is 0.190. The van der Waals surface area contributed by atoms with Gasteiger partial charge in [-0.15, -0.1) is 0 Å². The zero-order chi connectivity index (χ0) is 27.6. The first-order valence-electron chi connectivity index (χ1n) is 14.9. The lowest BCUT2D eigenvalue weighted by Gasteiger charge is -2.37. The Bertz CT molecular complexity index is 679. The van der Waals surface area contributed by atoms with E-state index in [1.807, 2.05) is 34.6 Å². The van der Waals surface area contributed by atoms with Crippen LogP contribution in [-0.4, -0.2) is 61.0 Å². The Morgan fingerprint density at radius 3 is 2.17 bits per heavy atom. The van der Waals surface area contributed by atoms with Gasteiger partial charge in [-0.2, -0.15) is 5.26 Å². The summed E-state index contributed by atoms with van der Waals surface area (Å²) in [4.78, 5) is 7.47. The van der Waals surface area contributed by atoms with Crippen LogP contribution in [0.25, 0.3) is 0 Å². The molecule has 1 aliphatic heterocycles. The van der Waals surface area contributed by atoms with E-state index < -0.39 is 0 Å². The molecule has 2 aliphatic rings. The van der Waals surface area contributed by atoms with Crippen molar-refractivity contribution in [1.29, 1.82) is 5.26 Å². The molecule has 0 bridgehead atoms. The van der Waals surface area contributed by atoms with Crippen LogP contribution in [0.1, 0.15) is 101 Å². The van der Waals surface area contributed by atoms with E-state index in [9.17, 15) is 0 Å². The third-order valence-corrected chi connectivity index (χ3v) is 7.36. The maximum Gasteiger partial charge on any atom is 0.0652 e. The largest absolute Gasteiger partial charge is 0.375 e. The quantitative estimate of drug-likeness (QED) is 0.284. The highest BCUT2D eigenvalue weighted by Gasteiger charge is 2.29. The van der Waals surface area contributed by atoms with E-state index in [2.05, 4.69) is 79.9 Å². The van der Waals surface area contributed by atoms with Crippen molar-refractivity contribution in [2.24, 2.45) is 17.3 Å². The van der Waals surface area contributed by atoms with E-state index in [0.29, 0.717) is 11.3 Å². The van der Waals surface area contributed by atoms with E-state index in [0.717, 1.165) is 52.1 Å². The minimum absolute atomic E-state index is 0.140. The van der Waals surface area contributed by atoms with E-state index in [4.69, 9.17) is 5.26 Å². The first-order valence-corrected chi connectivity index (χ1v) is 14.9. The highest BCUT2D eigenvalue weighted by Crippen LogP contribution is 2.41. The molecule has 4 heteroatoms. The van der Waals surface area contributed by atoms with Gasteiger partial charge in [0.25, 0.3) is 0 Å². The molecule has 0 amide bonds. The second kappa shape index (κ2) is 19.4. The molecule has 0 radical (unpaired) electrons. The van der Waals surface area contributed by atoms with Crippen molar-refractivity contribution < 1.29 is 0 Å². The third kappa shape index (κ3) is 13.0. The summed E-state index contributed by atoms with van der Waals surface area (Å²) in [7, 11) is 2.22. The number of allylic oxidation sites excluding steroid dienone is 4. The van der Waals surface area contributed by atoms with Gasteiger partial charge in [0, 0.05) is 57.1 Å². The Morgan fingerprint density at radius 2 is 1.67 bits per heavy atom. The Kier molecular flexibility index (Phi) is 18.5. The molecule has 1 saturated carbocycles. The number of likely N-dealkylation sites (N-methyl/N-ethyl adjacent to an activating group) is 2. The van der Waals surface area contributed by atoms with Gasteiger partial charge in [0.2, 0.25) is 0 Å². The predicted molar refractivity (Wildman–Crippen MR) is 160 cm³/mol. The molecule has 1 heterocycles. The molecule has 0 aromatic heterocycles. The van der Waals surface area contributed by atoms with Crippen LogP contribution in [0, 0.1) is 28.6 Å². The smallest absolute Gasteiger partial charge is 0.0652 e. The second-order valence-corrected chi connectivity index (χ2v) is 10.7. The summed E-state index contributed by atoms with van der Waals surface area (Å²) in [5.41, 5.74) is 3.32. The molecule has 0 aromatic carbocycles. The zero-order valence-electron chi connectivity index (χ0n) is 25.7. The minimum atomic E-state index is 0.140. The van der Waals surface area contributed by atoms with Gasteiger partial charge in [0.1, 0.15) is 0 Å². The van der Waals surface area contributed by atoms with Gasteiger partial charge in [0.05, 0.1) is 6.07 Å². The van der Waals surface area contributed by atoms with Crippen LogP contribution < -0.4 is 0 Å². The van der Waals surface area contributed by atoms with Crippen LogP contribution in [0.5, 0.6) is 0 Å². The van der Waals surface area contributed by atoms with Crippen molar-refractivity contribution >= 4 is 0 Å². The van der Waals surface area contributed by atoms with Crippen LogP contribution in [0.4, 0.5) is 0 Å². The van der Waals surface area contributed by atoms with Crippen molar-refractivity contribution in [3.05, 3.63) is 35.7 Å². The third-order valence-electron chi connectivity index (χ3n) is 7.36. The highest BCUT2D eigenvalue weighted by atomic mass is 15.2. The summed E-state index contributed by atoms with van der Waals surface area (Å²) in [6, 6.07) is 2.38. The molecular weight excluding hydrogens is 440 g/mol. The van der Waals surface area contributed by atoms with Gasteiger partial charge in [-0.05, 0) is 95.4 Å². The first kappa shape index (κ1) is 34.3. The SMILES string of the molecule is CC.CC.C\C=C/C(=C\C(=C\N1CCN(C)CC1)C1CCC(C)(C)CC1)N(CC)CCCC(C)C#N. The number of nitriles is 1. The number of hydrogen-bond acceptors (Lipinski definition) is 4. The zero-order valence-corrected chi connectivity index (χ0v) is 25.7. The fourth-order valence-corrected chi connectivity index (χ4v) is 4.86. The Morgan fingerprint density at radius 1 is 1.08 bits per heavy atom. The predicted octanol–water partition coefficient (Wildman–Crippen LogP) is 8.11. The Hall–Kier alpha value is -1.73. The summed E-state index contributed by atoms with van der Waals surface area (Å²) in [6.45, 7) is 25.8. The van der Waals surface area contributed by atoms with Gasteiger partial charge in [-0.3, -0.25) is 0 Å². The maximum absolute atomic E-state index is 9.12. The summed E-state index contributed by atoms with van der Waals surface area (Å²) >= 11 is 0. The average Bonchev–Trinajstić information content (AvgIpc) is 2.89. The molecule has 4 nitrogen and oxygen atoms in total. The normalized spacial score (nSPS) is 20.1. The topological polar surface area (TPSA) is 33.5 Å². The van der Waals surface area contributed by atoms with Crippen LogP contribution in [0.15, 0.2) is 35.7 Å². The molecule has 2 rings (SSSR count). The summed E-state index contributed by atoms with van der Waals surface area (Å²) in [5.74, 6) is 0.793. The lowest BCUT2D eigenvalue weighted by atomic mass is 9.71. The van der Waals surface area contributed by atoms with Crippen molar-refractivity contribution in [2.75, 3.05) is 46.3 Å². The van der Waals surface area contributed by atoms with Crippen molar-refractivity contribution in [3.8, 4) is 6.07 Å². The molecule has 2 fully saturated rings. The molecule has 36 heavy (non-hydrogen) atoms. The summed E-state index contributed by atoms with van der Waals surface area (Å²) < 4.78 is 0. The molecule has 208 valence electrons. The van der Waals surface area contributed by atoms with Gasteiger partial charge in [-0.25, -0.2) is 0 Å². The average molecular weight is 501 g/mol. The molecule has 0 aromatic rings. The van der Waals surface area contributed by atoms with Gasteiger partial charge in [-0.1, -0.05) is 47.6 Å². The Balaban J connectivity index is 0.00000291. The summed E-state index contributed by atoms with van der Waals surface area (Å²) in [5, 5.41) is 9.12. The van der Waals surface area contributed by atoms with E-state index in [1.165, 1.54) is 37.0 Å². The van der Waals surface area contributed by atoms with Crippen LogP contribution >= 0.6 is 0 Å². The van der Waals surface area contributed by atoms with Crippen LogP contribution in [0.3, 0.4) is 0 Å². The number of nitrogens with zero attached hydrogens (tertiary/aromatic N) is 4. The number of hydrogen-bond donors (Lipinski definition) is 0. The van der Waals surface area contributed by atoms with E-state index in [-0.39, 0.29) is 5.92 Å². The highest BCUT2D eigenvalue weighted by molar-refractivity contribution is 5.31. The molecule has 0 N–H and O–H groups in total. The summed E-state index contributed by atoms with van der Waals surface area (Å²) in [6.07, 6.45) is 16.7. The Labute approximate surface area is 226 Å². The number of piperazine rings is 1. The minimum Gasteiger partial charge on any atom is -0.375 e. The second-order valence-electron chi connectivity index (χ2n) is 10.7. The van der Waals surface area contributed by atoms with Gasteiger partial charge >= 0.3 is 0 Å². The molecule has 1 atom stereocenters. The van der Waals surface area contributed by atoms with E-state index in [1.54, 1.807) is 0 Å². The fraction of sp³-hybridized carbons (Fsp3) is 0.781. The van der Waals surface area contributed by atoms with Crippen molar-refractivity contribution in [1.82, 2.24) is 14.7 Å². The lowest BCUT2D eigenvalue weighted by Crippen LogP contribution is -2.42. The maximum atomic E-state index is 9.12. The van der Waals surface area contributed by atoms with Crippen molar-refractivity contribution in [3.63, 3.8) is 0 Å². The van der Waals surface area contributed by atoms with Crippen LogP contribution in [0.2, 0.25) is 0 Å². The molecular formula is C32H60N4. The van der Waals surface area contributed by atoms with E-state index >= 15 is 0 Å². The van der Waals surface area contributed by atoms with Crippen LogP contribution in [-0.2, 0) is 0 Å².